The van der Waals surface area contributed by atoms with E-state index in [0.29, 0.717) is 28.8 Å². The van der Waals surface area contributed by atoms with Gasteiger partial charge in [0.05, 0.1) is 5.69 Å². The molecule has 4 aromatic rings. The van der Waals surface area contributed by atoms with E-state index in [1.807, 2.05) is 54.6 Å². The Morgan fingerprint density at radius 3 is 2.14 bits per heavy atom. The van der Waals surface area contributed by atoms with Gasteiger partial charge >= 0.3 is 0 Å². The number of rotatable bonds is 7. The second-order valence-electron chi connectivity index (χ2n) is 8.41. The number of halogens is 3. The lowest BCUT2D eigenvalue weighted by atomic mass is 10.1. The molecule has 0 atom stereocenters. The van der Waals surface area contributed by atoms with Gasteiger partial charge in [0.15, 0.2) is 5.17 Å². The molecule has 0 heterocycles. The summed E-state index contributed by atoms with van der Waals surface area (Å²) in [5, 5.41) is 12.4. The monoisotopic (exact) mass is 554 g/mol. The fourth-order valence-corrected chi connectivity index (χ4v) is 5.31. The molecule has 4 rings (SSSR count). The van der Waals surface area contributed by atoms with Gasteiger partial charge in [-0.3, -0.25) is 0 Å². The molecule has 4 aromatic carbocycles. The Morgan fingerprint density at radius 1 is 0.806 bits per heavy atom. The van der Waals surface area contributed by atoms with Crippen LogP contribution in [0.2, 0.25) is 15.1 Å². The number of hydrogen-bond donors (Lipinski definition) is 1. The number of aromatic hydroxyl groups is 1. The van der Waals surface area contributed by atoms with Crippen molar-refractivity contribution in [2.45, 2.75) is 24.8 Å². The molecular weight excluding hydrogens is 531 g/mol. The Hall–Kier alpha value is -2.63. The first-order chi connectivity index (χ1) is 17.3. The van der Waals surface area contributed by atoms with Crippen LogP contribution in [-0.2, 0) is 13.0 Å². The molecule has 1 N–H and O–H groups in total. The molecule has 0 aromatic heterocycles. The summed E-state index contributed by atoms with van der Waals surface area (Å²) in [6, 6.07) is 28.8. The van der Waals surface area contributed by atoms with E-state index >= 15 is 0 Å². The number of amidine groups is 1. The summed E-state index contributed by atoms with van der Waals surface area (Å²) < 4.78 is 0. The number of phenolic OH excluding ortho intramolecular Hbond substituents is 1. The van der Waals surface area contributed by atoms with E-state index < -0.39 is 0 Å². The Bertz CT molecular complexity index is 1320. The third-order valence-corrected chi connectivity index (χ3v) is 7.14. The minimum atomic E-state index is 0.239. The number of thioether (sulfide) groups is 1. The van der Waals surface area contributed by atoms with Crippen LogP contribution in [0.4, 0.5) is 5.69 Å². The summed E-state index contributed by atoms with van der Waals surface area (Å²) in [7, 11) is 0. The third kappa shape index (κ3) is 7.94. The maximum absolute atomic E-state index is 9.76. The van der Waals surface area contributed by atoms with E-state index in [-0.39, 0.29) is 5.75 Å². The van der Waals surface area contributed by atoms with E-state index in [4.69, 9.17) is 39.8 Å². The molecule has 0 saturated carbocycles. The maximum Gasteiger partial charge on any atom is 0.169 e. The third-order valence-electron chi connectivity index (χ3n) is 5.43. The summed E-state index contributed by atoms with van der Waals surface area (Å²) in [4.78, 5) is 8.34. The molecule has 36 heavy (non-hydrogen) atoms. The van der Waals surface area contributed by atoms with Gasteiger partial charge in [0.25, 0.3) is 0 Å². The highest BCUT2D eigenvalue weighted by Crippen LogP contribution is 2.30. The van der Waals surface area contributed by atoms with E-state index in [1.165, 1.54) is 11.1 Å². The second-order valence-corrected chi connectivity index (χ2v) is 10.8. The molecule has 0 saturated heterocycles. The first kappa shape index (κ1) is 26.4. The Labute approximate surface area is 231 Å². The molecule has 3 nitrogen and oxygen atoms in total. The van der Waals surface area contributed by atoms with Crippen molar-refractivity contribution >= 4 is 57.4 Å². The molecule has 0 amide bonds. The van der Waals surface area contributed by atoms with Crippen molar-refractivity contribution in [2.75, 3.05) is 6.54 Å². The highest BCUT2D eigenvalue weighted by molar-refractivity contribution is 8.13. The topological polar surface area (TPSA) is 35.8 Å². The van der Waals surface area contributed by atoms with E-state index in [9.17, 15) is 5.11 Å². The van der Waals surface area contributed by atoms with Crippen LogP contribution < -0.4 is 0 Å². The molecule has 0 radical (unpaired) electrons. The summed E-state index contributed by atoms with van der Waals surface area (Å²) in [5.41, 5.74) is 4.10. The number of nitrogens with zero attached hydrogens (tertiary/aromatic N) is 2. The lowest BCUT2D eigenvalue weighted by Crippen LogP contribution is -2.30. The van der Waals surface area contributed by atoms with Crippen LogP contribution in [-0.4, -0.2) is 21.7 Å². The van der Waals surface area contributed by atoms with Crippen molar-refractivity contribution in [3.63, 3.8) is 0 Å². The predicted molar refractivity (Wildman–Crippen MR) is 154 cm³/mol. The van der Waals surface area contributed by atoms with E-state index in [1.54, 1.807) is 30.0 Å². The van der Waals surface area contributed by atoms with E-state index in [2.05, 4.69) is 30.0 Å². The molecule has 0 spiro atoms. The van der Waals surface area contributed by atoms with Crippen LogP contribution in [0.3, 0.4) is 0 Å². The van der Waals surface area contributed by atoms with Gasteiger partial charge in [-0.05, 0) is 79.1 Å². The zero-order valence-corrected chi connectivity index (χ0v) is 22.7. The smallest absolute Gasteiger partial charge is 0.169 e. The first-order valence-electron chi connectivity index (χ1n) is 11.4. The number of aliphatic imine (C=N–C) groups is 1. The van der Waals surface area contributed by atoms with Crippen LogP contribution >= 0.6 is 46.6 Å². The SMILES string of the molecule is Cc1cccc(SC(=Nc2cc(Cl)cc(Cl)c2)N(CCc2ccc(Cl)cc2)Cc2ccc(O)cc2)c1. The van der Waals surface area contributed by atoms with Crippen LogP contribution in [0.5, 0.6) is 5.75 Å². The highest BCUT2D eigenvalue weighted by atomic mass is 35.5. The van der Waals surface area contributed by atoms with Crippen LogP contribution in [0.15, 0.2) is 101 Å². The molecule has 0 aliphatic carbocycles. The Kier molecular flexibility index (Phi) is 9.22. The summed E-state index contributed by atoms with van der Waals surface area (Å²) in [6.07, 6.45) is 0.805. The summed E-state index contributed by atoms with van der Waals surface area (Å²) in [6.45, 7) is 3.40. The van der Waals surface area contributed by atoms with Gasteiger partial charge < -0.3 is 10.0 Å². The average Bonchev–Trinajstić information content (AvgIpc) is 2.83. The lowest BCUT2D eigenvalue weighted by Gasteiger charge is -2.26. The van der Waals surface area contributed by atoms with Gasteiger partial charge in [-0.2, -0.15) is 0 Å². The maximum atomic E-state index is 9.76. The van der Waals surface area contributed by atoms with Gasteiger partial charge in [-0.1, -0.05) is 88.5 Å². The van der Waals surface area contributed by atoms with Crippen LogP contribution in [0.25, 0.3) is 0 Å². The number of hydrogen-bond acceptors (Lipinski definition) is 3. The minimum absolute atomic E-state index is 0.239. The van der Waals surface area contributed by atoms with Crippen molar-refractivity contribution in [3.8, 4) is 5.75 Å². The molecule has 0 aliphatic rings. The van der Waals surface area contributed by atoms with Gasteiger partial charge in [0, 0.05) is 33.1 Å². The van der Waals surface area contributed by atoms with Crippen molar-refractivity contribution < 1.29 is 5.11 Å². The second kappa shape index (κ2) is 12.6. The molecule has 0 fully saturated rings. The van der Waals surface area contributed by atoms with Crippen LogP contribution in [0.1, 0.15) is 16.7 Å². The number of benzene rings is 4. The quantitative estimate of drug-likeness (QED) is 0.140. The predicted octanol–water partition coefficient (Wildman–Crippen LogP) is 9.19. The van der Waals surface area contributed by atoms with Crippen molar-refractivity contribution in [1.82, 2.24) is 4.90 Å². The zero-order chi connectivity index (χ0) is 25.5. The van der Waals surface area contributed by atoms with Gasteiger partial charge in [0.2, 0.25) is 0 Å². The fourth-order valence-electron chi connectivity index (χ4n) is 3.64. The summed E-state index contributed by atoms with van der Waals surface area (Å²) >= 11 is 20.3. The molecular formula is C29H25Cl3N2OS. The highest BCUT2D eigenvalue weighted by Gasteiger charge is 2.16. The average molecular weight is 556 g/mol. The number of aryl methyl sites for hydroxylation is 1. The molecule has 7 heteroatoms. The molecule has 0 unspecified atom stereocenters. The van der Waals surface area contributed by atoms with Gasteiger partial charge in [-0.25, -0.2) is 4.99 Å². The Morgan fingerprint density at radius 2 is 1.47 bits per heavy atom. The van der Waals surface area contributed by atoms with E-state index in [0.717, 1.165) is 27.1 Å². The van der Waals surface area contributed by atoms with Crippen LogP contribution in [0, 0.1) is 6.92 Å². The van der Waals surface area contributed by atoms with Crippen molar-refractivity contribution in [2.24, 2.45) is 4.99 Å². The molecule has 0 bridgehead atoms. The minimum Gasteiger partial charge on any atom is -0.508 e. The first-order valence-corrected chi connectivity index (χ1v) is 13.4. The zero-order valence-electron chi connectivity index (χ0n) is 19.7. The normalized spacial score (nSPS) is 11.5. The Balaban J connectivity index is 1.72. The fraction of sp³-hybridized carbons (Fsp3) is 0.138. The summed E-state index contributed by atoms with van der Waals surface area (Å²) in [5.74, 6) is 0.239. The van der Waals surface area contributed by atoms with Crippen molar-refractivity contribution in [3.05, 3.63) is 123 Å². The largest absolute Gasteiger partial charge is 0.508 e. The van der Waals surface area contributed by atoms with Crippen molar-refractivity contribution in [1.29, 1.82) is 0 Å². The lowest BCUT2D eigenvalue weighted by molar-refractivity contribution is 0.424. The molecule has 0 aliphatic heterocycles. The molecule has 184 valence electrons. The van der Waals surface area contributed by atoms with Gasteiger partial charge in [-0.15, -0.1) is 0 Å². The number of phenols is 1. The standard InChI is InChI=1S/C29H25Cl3N2OS/c1-20-3-2-4-28(15-20)36-29(33-26-17-24(31)16-25(32)18-26)34(19-22-7-11-27(35)12-8-22)14-13-21-5-9-23(30)10-6-21/h2-12,15-18,35H,13-14,19H2,1H3. The van der Waals surface area contributed by atoms with Gasteiger partial charge in [0.1, 0.15) is 5.75 Å².